The Morgan fingerprint density at radius 3 is 2.67 bits per heavy atom. The molecule has 6 rings (SSSR count). The Labute approximate surface area is 221 Å². The number of carbonyl (C=O) groups excluding carboxylic acids is 1. The molecule has 0 saturated carbocycles. The highest BCUT2D eigenvalue weighted by Crippen LogP contribution is 2.30. The number of nitrogens with one attached hydrogen (secondary N) is 2. The van der Waals surface area contributed by atoms with Gasteiger partial charge in [0.1, 0.15) is 5.82 Å². The molecule has 5 aromatic rings. The van der Waals surface area contributed by atoms with E-state index in [1.165, 1.54) is 12.3 Å². The van der Waals surface area contributed by atoms with Gasteiger partial charge in [-0.1, -0.05) is 18.2 Å². The van der Waals surface area contributed by atoms with E-state index in [-0.39, 0.29) is 24.5 Å². The number of benzene rings is 2. The number of anilines is 1. The number of hydrogen-bond donors (Lipinski definition) is 2. The summed E-state index contributed by atoms with van der Waals surface area (Å²) in [5.41, 5.74) is 4.61. The van der Waals surface area contributed by atoms with Crippen molar-refractivity contribution in [3.63, 3.8) is 0 Å². The van der Waals surface area contributed by atoms with Gasteiger partial charge >= 0.3 is 0 Å². The molecular weight excluding hydrogens is 505 g/mol. The standard InChI is InChI=1S/C29H23F3N6O/c30-24-4-2-1-3-22(24)25-8-6-21(15-34-25)35-28(39)27-23-12-19(5-7-26(23)36-37-27)20-11-18(13-33-14-20)16-38-10-9-29(31,32)17-38/h1-8,11-15H,9-10,16-17H2,(H,35,39)(H,36,37). The van der Waals surface area contributed by atoms with Crippen LogP contribution in [0.3, 0.4) is 0 Å². The van der Waals surface area contributed by atoms with Crippen molar-refractivity contribution in [2.75, 3.05) is 18.4 Å². The predicted molar refractivity (Wildman–Crippen MR) is 142 cm³/mol. The number of carbonyl (C=O) groups is 1. The Bertz CT molecular complexity index is 1670. The molecule has 0 unspecified atom stereocenters. The molecule has 196 valence electrons. The Morgan fingerprint density at radius 1 is 1.03 bits per heavy atom. The summed E-state index contributed by atoms with van der Waals surface area (Å²) in [4.78, 5) is 23.4. The van der Waals surface area contributed by atoms with Gasteiger partial charge < -0.3 is 5.32 Å². The number of aromatic nitrogens is 4. The van der Waals surface area contributed by atoms with Crippen molar-refractivity contribution in [1.29, 1.82) is 0 Å². The van der Waals surface area contributed by atoms with Gasteiger partial charge in [0.15, 0.2) is 5.69 Å². The lowest BCUT2D eigenvalue weighted by molar-refractivity contribution is 0.0115. The van der Waals surface area contributed by atoms with Crippen LogP contribution in [-0.4, -0.2) is 50.0 Å². The van der Waals surface area contributed by atoms with Gasteiger partial charge in [0, 0.05) is 48.4 Å². The van der Waals surface area contributed by atoms with Crippen LogP contribution in [-0.2, 0) is 6.54 Å². The molecule has 3 aromatic heterocycles. The summed E-state index contributed by atoms with van der Waals surface area (Å²) in [6, 6.07) is 17.1. The molecule has 1 aliphatic heterocycles. The highest BCUT2D eigenvalue weighted by molar-refractivity contribution is 6.11. The average Bonchev–Trinajstić information content (AvgIpc) is 3.51. The molecule has 1 aliphatic rings. The first-order chi connectivity index (χ1) is 18.8. The second kappa shape index (κ2) is 9.95. The molecule has 4 heterocycles. The smallest absolute Gasteiger partial charge is 0.276 e. The van der Waals surface area contributed by atoms with Gasteiger partial charge in [-0.05, 0) is 53.6 Å². The molecule has 2 N–H and O–H groups in total. The summed E-state index contributed by atoms with van der Waals surface area (Å²) < 4.78 is 41.2. The zero-order chi connectivity index (χ0) is 27.0. The number of halogens is 3. The highest BCUT2D eigenvalue weighted by Gasteiger charge is 2.37. The lowest BCUT2D eigenvalue weighted by Crippen LogP contribution is -2.24. The van der Waals surface area contributed by atoms with Crippen molar-refractivity contribution in [3.8, 4) is 22.4 Å². The van der Waals surface area contributed by atoms with Gasteiger partial charge in [-0.15, -0.1) is 0 Å². The number of nitrogens with zero attached hydrogens (tertiary/aromatic N) is 4. The fourth-order valence-electron chi connectivity index (χ4n) is 4.79. The quantitative estimate of drug-likeness (QED) is 0.286. The molecule has 1 amide bonds. The molecule has 0 atom stereocenters. The normalized spacial score (nSPS) is 15.1. The number of H-pyrrole nitrogens is 1. The molecule has 10 heteroatoms. The van der Waals surface area contributed by atoms with E-state index < -0.39 is 11.8 Å². The van der Waals surface area contributed by atoms with E-state index >= 15 is 0 Å². The zero-order valence-electron chi connectivity index (χ0n) is 20.7. The first kappa shape index (κ1) is 24.7. The molecule has 0 aliphatic carbocycles. The van der Waals surface area contributed by atoms with Crippen molar-refractivity contribution in [2.24, 2.45) is 0 Å². The van der Waals surface area contributed by atoms with Crippen LogP contribution in [0.25, 0.3) is 33.3 Å². The van der Waals surface area contributed by atoms with Crippen molar-refractivity contribution in [1.82, 2.24) is 25.1 Å². The molecule has 2 aromatic carbocycles. The summed E-state index contributed by atoms with van der Waals surface area (Å²) in [6.07, 6.45) is 4.72. The van der Waals surface area contributed by atoms with Gasteiger partial charge in [-0.2, -0.15) is 5.10 Å². The number of rotatable bonds is 6. The van der Waals surface area contributed by atoms with Crippen LogP contribution in [0.4, 0.5) is 18.9 Å². The molecular formula is C29H23F3N6O. The second-order valence-electron chi connectivity index (χ2n) is 9.60. The van der Waals surface area contributed by atoms with Crippen LogP contribution in [0.5, 0.6) is 0 Å². The number of amides is 1. The van der Waals surface area contributed by atoms with Crippen LogP contribution >= 0.6 is 0 Å². The van der Waals surface area contributed by atoms with E-state index in [4.69, 9.17) is 0 Å². The third kappa shape index (κ3) is 5.23. The number of likely N-dealkylation sites (tertiary alicyclic amines) is 1. The number of hydrogen-bond acceptors (Lipinski definition) is 5. The second-order valence-corrected chi connectivity index (χ2v) is 9.60. The monoisotopic (exact) mass is 528 g/mol. The van der Waals surface area contributed by atoms with Crippen LogP contribution in [0.1, 0.15) is 22.5 Å². The molecule has 0 spiro atoms. The van der Waals surface area contributed by atoms with Gasteiger partial charge in [0.05, 0.1) is 29.6 Å². The van der Waals surface area contributed by atoms with Crippen LogP contribution < -0.4 is 5.32 Å². The summed E-state index contributed by atoms with van der Waals surface area (Å²) in [5.74, 6) is -3.45. The summed E-state index contributed by atoms with van der Waals surface area (Å²) in [7, 11) is 0. The van der Waals surface area contributed by atoms with Crippen molar-refractivity contribution >= 4 is 22.5 Å². The van der Waals surface area contributed by atoms with E-state index in [0.717, 1.165) is 16.7 Å². The minimum absolute atomic E-state index is 0.131. The van der Waals surface area contributed by atoms with Crippen molar-refractivity contribution in [3.05, 3.63) is 96.3 Å². The molecule has 0 radical (unpaired) electrons. The third-order valence-electron chi connectivity index (χ3n) is 6.73. The van der Waals surface area contributed by atoms with Crippen LogP contribution in [0.2, 0.25) is 0 Å². The maximum Gasteiger partial charge on any atom is 0.276 e. The summed E-state index contributed by atoms with van der Waals surface area (Å²) >= 11 is 0. The number of aromatic amines is 1. The van der Waals surface area contributed by atoms with Crippen LogP contribution in [0, 0.1) is 5.82 Å². The lowest BCUT2D eigenvalue weighted by Gasteiger charge is -2.15. The Balaban J connectivity index is 1.21. The molecule has 1 fully saturated rings. The van der Waals surface area contributed by atoms with Gasteiger partial charge in [0.25, 0.3) is 11.8 Å². The molecule has 0 bridgehead atoms. The van der Waals surface area contributed by atoms with E-state index in [1.54, 1.807) is 47.6 Å². The summed E-state index contributed by atoms with van der Waals surface area (Å²) in [5, 5.41) is 10.5. The maximum atomic E-state index is 14.1. The lowest BCUT2D eigenvalue weighted by atomic mass is 10.0. The largest absolute Gasteiger partial charge is 0.319 e. The first-order valence-electron chi connectivity index (χ1n) is 12.4. The summed E-state index contributed by atoms with van der Waals surface area (Å²) in [6.45, 7) is 0.484. The van der Waals surface area contributed by atoms with Gasteiger partial charge in [-0.3, -0.25) is 24.8 Å². The Hall–Kier alpha value is -4.57. The zero-order valence-corrected chi connectivity index (χ0v) is 20.7. The molecule has 39 heavy (non-hydrogen) atoms. The van der Waals surface area contributed by atoms with E-state index in [9.17, 15) is 18.0 Å². The van der Waals surface area contributed by atoms with Gasteiger partial charge in [0.2, 0.25) is 0 Å². The number of pyridine rings is 2. The Morgan fingerprint density at radius 2 is 1.90 bits per heavy atom. The topological polar surface area (TPSA) is 86.8 Å². The SMILES string of the molecule is O=C(Nc1ccc(-c2ccccc2F)nc1)c1n[nH]c2ccc(-c3cncc(CN4CCC(F)(F)C4)c3)cc12. The van der Waals surface area contributed by atoms with E-state index in [2.05, 4.69) is 25.5 Å². The number of alkyl halides is 2. The highest BCUT2D eigenvalue weighted by atomic mass is 19.3. The van der Waals surface area contributed by atoms with Crippen molar-refractivity contribution in [2.45, 2.75) is 18.9 Å². The minimum Gasteiger partial charge on any atom is -0.319 e. The van der Waals surface area contributed by atoms with Crippen molar-refractivity contribution < 1.29 is 18.0 Å². The molecule has 7 nitrogen and oxygen atoms in total. The fourth-order valence-corrected chi connectivity index (χ4v) is 4.79. The maximum absolute atomic E-state index is 14.1. The van der Waals surface area contributed by atoms with E-state index in [1.807, 2.05) is 24.3 Å². The van der Waals surface area contributed by atoms with Crippen LogP contribution in [0.15, 0.2) is 79.3 Å². The van der Waals surface area contributed by atoms with E-state index in [0.29, 0.717) is 40.9 Å². The minimum atomic E-state index is -2.65. The van der Waals surface area contributed by atoms with Gasteiger partial charge in [-0.25, -0.2) is 13.2 Å². The third-order valence-corrected chi connectivity index (χ3v) is 6.73. The predicted octanol–water partition coefficient (Wildman–Crippen LogP) is 5.92. The number of fused-ring (bicyclic) bond motifs is 1. The Kier molecular flexibility index (Phi) is 6.32. The fraction of sp³-hybridized carbons (Fsp3) is 0.172. The average molecular weight is 529 g/mol. The first-order valence-corrected chi connectivity index (χ1v) is 12.4. The molecule has 1 saturated heterocycles.